The predicted molar refractivity (Wildman–Crippen MR) is 91.8 cm³/mol. The van der Waals surface area contributed by atoms with Gasteiger partial charge in [0.15, 0.2) is 0 Å². The maximum atomic E-state index is 12.4. The van der Waals surface area contributed by atoms with Crippen molar-refractivity contribution in [2.45, 2.75) is 36.4 Å². The second-order valence-electron chi connectivity index (χ2n) is 6.33. The van der Waals surface area contributed by atoms with Crippen LogP contribution in [0, 0.1) is 5.41 Å². The van der Waals surface area contributed by atoms with Gasteiger partial charge in [-0.3, -0.25) is 4.79 Å². The van der Waals surface area contributed by atoms with Crippen LogP contribution >= 0.6 is 23.4 Å². The van der Waals surface area contributed by atoms with Crippen LogP contribution < -0.4 is 0 Å². The highest BCUT2D eigenvalue weighted by atomic mass is 35.5. The summed E-state index contributed by atoms with van der Waals surface area (Å²) >= 11 is 7.39. The van der Waals surface area contributed by atoms with Gasteiger partial charge in [-0.1, -0.05) is 11.6 Å². The van der Waals surface area contributed by atoms with E-state index in [4.69, 9.17) is 16.3 Å². The Balaban J connectivity index is 1.49. The molecule has 0 unspecified atom stereocenters. The molecule has 1 heterocycles. The van der Waals surface area contributed by atoms with Crippen LogP contribution in [0.1, 0.15) is 19.3 Å². The molecule has 1 saturated heterocycles. The number of carbonyl (C=O) groups excluding carboxylic acids is 1. The number of thioether (sulfide) groups is 1. The first-order valence-electron chi connectivity index (χ1n) is 7.92. The molecule has 3 rings (SSSR count). The van der Waals surface area contributed by atoms with Gasteiger partial charge >= 0.3 is 0 Å². The summed E-state index contributed by atoms with van der Waals surface area (Å²) in [6.45, 7) is 1.41. The Morgan fingerprint density at radius 3 is 2.61 bits per heavy atom. The maximum Gasteiger partial charge on any atom is 0.232 e. The van der Waals surface area contributed by atoms with Crippen molar-refractivity contribution in [2.24, 2.45) is 5.41 Å². The lowest BCUT2D eigenvalue weighted by molar-refractivity contribution is -0.202. The summed E-state index contributed by atoms with van der Waals surface area (Å²) in [7, 11) is 1.71. The van der Waals surface area contributed by atoms with Crippen LogP contribution in [0.2, 0.25) is 5.02 Å². The Bertz CT molecular complexity index is 557. The number of halogens is 1. The second-order valence-corrected chi connectivity index (χ2v) is 7.82. The second kappa shape index (κ2) is 7.01. The number of rotatable bonds is 4. The Hall–Kier alpha value is -0.750. The number of piperidine rings is 1. The van der Waals surface area contributed by atoms with E-state index in [9.17, 15) is 9.90 Å². The van der Waals surface area contributed by atoms with Crippen LogP contribution in [-0.2, 0) is 9.53 Å². The van der Waals surface area contributed by atoms with Gasteiger partial charge in [0, 0.05) is 42.0 Å². The Kier molecular flexibility index (Phi) is 5.21. The van der Waals surface area contributed by atoms with Crippen LogP contribution in [0.5, 0.6) is 0 Å². The summed E-state index contributed by atoms with van der Waals surface area (Å²) in [5, 5.41) is 10.8. The predicted octanol–water partition coefficient (Wildman–Crippen LogP) is 2.82. The fourth-order valence-electron chi connectivity index (χ4n) is 3.65. The van der Waals surface area contributed by atoms with Crippen molar-refractivity contribution in [3.05, 3.63) is 29.3 Å². The minimum atomic E-state index is -0.284. The van der Waals surface area contributed by atoms with Crippen LogP contribution in [0.3, 0.4) is 0 Å². The Labute approximate surface area is 146 Å². The number of aliphatic hydroxyl groups excluding tert-OH is 1. The number of carbonyl (C=O) groups is 1. The minimum absolute atomic E-state index is 0.130. The molecular weight excluding hydrogens is 334 g/mol. The molecule has 2 atom stereocenters. The van der Waals surface area contributed by atoms with E-state index < -0.39 is 0 Å². The van der Waals surface area contributed by atoms with Gasteiger partial charge in [0.25, 0.3) is 0 Å². The number of amides is 1. The number of ether oxygens (including phenoxy) is 1. The molecule has 1 aromatic carbocycles. The van der Waals surface area contributed by atoms with Crippen LogP contribution in [0.15, 0.2) is 29.2 Å². The average molecular weight is 356 g/mol. The van der Waals surface area contributed by atoms with Gasteiger partial charge in [0.05, 0.1) is 18.0 Å². The third-order valence-corrected chi connectivity index (χ3v) is 6.50. The molecule has 0 radical (unpaired) electrons. The summed E-state index contributed by atoms with van der Waals surface area (Å²) in [5.74, 6) is 0.591. The molecule has 0 aromatic heterocycles. The summed E-state index contributed by atoms with van der Waals surface area (Å²) in [4.78, 5) is 15.3. The number of methoxy groups -OCH3 is 1. The molecule has 1 spiro atoms. The van der Waals surface area contributed by atoms with E-state index in [0.717, 1.165) is 24.2 Å². The SMILES string of the molecule is CO[C@@H]1C[C@H](O)C12CCN(C(=O)CSc1ccc(Cl)cc1)CC2. The quantitative estimate of drug-likeness (QED) is 0.844. The number of nitrogens with zero attached hydrogens (tertiary/aromatic N) is 1. The van der Waals surface area contributed by atoms with E-state index in [2.05, 4.69) is 0 Å². The van der Waals surface area contributed by atoms with Gasteiger partial charge in [0.2, 0.25) is 5.91 Å². The molecule has 6 heteroatoms. The lowest BCUT2D eigenvalue weighted by Gasteiger charge is -2.56. The summed E-state index contributed by atoms with van der Waals surface area (Å²) < 4.78 is 5.48. The molecule has 1 aliphatic carbocycles. The Morgan fingerprint density at radius 1 is 1.39 bits per heavy atom. The molecule has 1 saturated carbocycles. The highest BCUT2D eigenvalue weighted by Crippen LogP contribution is 2.50. The lowest BCUT2D eigenvalue weighted by Crippen LogP contribution is -2.62. The van der Waals surface area contributed by atoms with E-state index in [1.165, 1.54) is 11.8 Å². The maximum absolute atomic E-state index is 12.4. The minimum Gasteiger partial charge on any atom is -0.392 e. The third-order valence-electron chi connectivity index (χ3n) is 5.25. The molecule has 1 aromatic rings. The van der Waals surface area contributed by atoms with Gasteiger partial charge in [-0.2, -0.15) is 0 Å². The standard InChI is InChI=1S/C17H22ClNO3S/c1-22-15-10-14(20)17(15)6-8-19(9-7-17)16(21)11-23-13-4-2-12(18)3-5-13/h2-5,14-15,20H,6-11H2,1H3/t14-,15+/m0/s1. The number of aliphatic hydroxyl groups is 1. The molecule has 23 heavy (non-hydrogen) atoms. The van der Waals surface area contributed by atoms with Crippen molar-refractivity contribution in [2.75, 3.05) is 26.0 Å². The molecule has 4 nitrogen and oxygen atoms in total. The van der Waals surface area contributed by atoms with E-state index in [-0.39, 0.29) is 23.5 Å². The van der Waals surface area contributed by atoms with Crippen molar-refractivity contribution >= 4 is 29.3 Å². The van der Waals surface area contributed by atoms with Gasteiger partial charge < -0.3 is 14.7 Å². The van der Waals surface area contributed by atoms with Crippen molar-refractivity contribution in [1.82, 2.24) is 4.90 Å². The first-order chi connectivity index (χ1) is 11.0. The highest BCUT2D eigenvalue weighted by Gasteiger charge is 2.56. The number of hydrogen-bond acceptors (Lipinski definition) is 4. The third kappa shape index (κ3) is 3.38. The molecule has 1 N–H and O–H groups in total. The van der Waals surface area contributed by atoms with E-state index in [1.54, 1.807) is 7.11 Å². The van der Waals surface area contributed by atoms with Crippen molar-refractivity contribution in [3.63, 3.8) is 0 Å². The molecule has 1 amide bonds. The van der Waals surface area contributed by atoms with Crippen LogP contribution in [0.25, 0.3) is 0 Å². The number of hydrogen-bond donors (Lipinski definition) is 1. The van der Waals surface area contributed by atoms with E-state index in [1.807, 2.05) is 29.2 Å². The van der Waals surface area contributed by atoms with Gasteiger partial charge in [-0.15, -0.1) is 11.8 Å². The highest BCUT2D eigenvalue weighted by molar-refractivity contribution is 8.00. The number of benzene rings is 1. The average Bonchev–Trinajstić information content (AvgIpc) is 2.58. The van der Waals surface area contributed by atoms with Crippen molar-refractivity contribution in [3.8, 4) is 0 Å². The van der Waals surface area contributed by atoms with Crippen molar-refractivity contribution < 1.29 is 14.6 Å². The normalized spacial score (nSPS) is 26.1. The fraction of sp³-hybridized carbons (Fsp3) is 0.588. The number of likely N-dealkylation sites (tertiary alicyclic amines) is 1. The van der Waals surface area contributed by atoms with Crippen LogP contribution in [0.4, 0.5) is 0 Å². The van der Waals surface area contributed by atoms with Gasteiger partial charge in [0.1, 0.15) is 0 Å². The molecule has 1 aliphatic heterocycles. The van der Waals surface area contributed by atoms with Gasteiger partial charge in [-0.05, 0) is 37.1 Å². The Morgan fingerprint density at radius 2 is 2.04 bits per heavy atom. The van der Waals surface area contributed by atoms with E-state index in [0.29, 0.717) is 23.9 Å². The molecule has 2 aliphatic rings. The van der Waals surface area contributed by atoms with Crippen molar-refractivity contribution in [1.29, 1.82) is 0 Å². The molecular formula is C17H22ClNO3S. The topological polar surface area (TPSA) is 49.8 Å². The zero-order chi connectivity index (χ0) is 16.4. The summed E-state index contributed by atoms with van der Waals surface area (Å²) in [6, 6.07) is 7.53. The monoisotopic (exact) mass is 355 g/mol. The van der Waals surface area contributed by atoms with Crippen LogP contribution in [-0.4, -0.2) is 54.1 Å². The zero-order valence-corrected chi connectivity index (χ0v) is 14.8. The lowest BCUT2D eigenvalue weighted by atomic mass is 9.58. The summed E-state index contributed by atoms with van der Waals surface area (Å²) in [6.07, 6.45) is 2.22. The zero-order valence-electron chi connectivity index (χ0n) is 13.2. The first-order valence-corrected chi connectivity index (χ1v) is 9.28. The smallest absolute Gasteiger partial charge is 0.232 e. The van der Waals surface area contributed by atoms with Gasteiger partial charge in [-0.25, -0.2) is 0 Å². The molecule has 0 bridgehead atoms. The first kappa shape index (κ1) is 17.1. The molecule has 126 valence electrons. The fourth-order valence-corrected chi connectivity index (χ4v) is 4.58. The summed E-state index contributed by atoms with van der Waals surface area (Å²) in [5.41, 5.74) is -0.130. The largest absolute Gasteiger partial charge is 0.392 e. The molecule has 2 fully saturated rings. The van der Waals surface area contributed by atoms with E-state index >= 15 is 0 Å².